The largest absolute Gasteiger partial charge is 0.338 e. The smallest absolute Gasteiger partial charge is 0.181 e. The van der Waals surface area contributed by atoms with Crippen molar-refractivity contribution in [1.29, 1.82) is 0 Å². The number of benzene rings is 1. The summed E-state index contributed by atoms with van der Waals surface area (Å²) >= 11 is 0. The molecular weight excluding hydrogens is 413 g/mol. The number of pyridine rings is 2. The van der Waals surface area contributed by atoms with Gasteiger partial charge in [0.15, 0.2) is 5.65 Å². The van der Waals surface area contributed by atoms with Crippen molar-refractivity contribution in [2.45, 2.75) is 13.8 Å². The van der Waals surface area contributed by atoms with E-state index in [0.717, 1.165) is 55.6 Å². The van der Waals surface area contributed by atoms with Gasteiger partial charge in [0.25, 0.3) is 0 Å². The molecule has 6 heteroatoms. The standard InChI is InChI=1S/C27H22FN5/c1-4-6-16(3)20(5-2)18-13-23-25(32-33-27(23)30-15-18)24-14-22-21(11-12-29-26(22)31-24)17-7-9-19(28)10-8-17/h4-15H,1H2,2-3H3,(H,29,31)(H,30,32,33)/b16-6-,20-5+. The minimum atomic E-state index is -0.260. The summed E-state index contributed by atoms with van der Waals surface area (Å²) in [4.78, 5) is 12.5. The molecule has 5 nitrogen and oxygen atoms in total. The van der Waals surface area contributed by atoms with Crippen LogP contribution in [0.1, 0.15) is 19.4 Å². The zero-order valence-electron chi connectivity index (χ0n) is 18.4. The summed E-state index contributed by atoms with van der Waals surface area (Å²) in [5.74, 6) is -0.260. The molecule has 0 bridgehead atoms. The van der Waals surface area contributed by atoms with E-state index in [1.807, 2.05) is 31.3 Å². The quantitative estimate of drug-likeness (QED) is 0.297. The van der Waals surface area contributed by atoms with E-state index in [1.165, 1.54) is 12.1 Å². The SMILES string of the molecule is C=C/C=C(C)\C(=C/C)c1cnc2n[nH]c(-c3cc4c(-c5ccc(F)cc5)ccnc4[nH]3)c2c1. The van der Waals surface area contributed by atoms with Crippen molar-refractivity contribution < 1.29 is 4.39 Å². The first kappa shape index (κ1) is 20.6. The molecule has 1 aromatic carbocycles. The van der Waals surface area contributed by atoms with Crippen LogP contribution in [0.3, 0.4) is 0 Å². The maximum Gasteiger partial charge on any atom is 0.181 e. The van der Waals surface area contributed by atoms with Crippen LogP contribution < -0.4 is 0 Å². The molecule has 0 amide bonds. The fourth-order valence-electron chi connectivity index (χ4n) is 4.18. The van der Waals surface area contributed by atoms with Crippen molar-refractivity contribution in [3.63, 3.8) is 0 Å². The van der Waals surface area contributed by atoms with Gasteiger partial charge in [0.1, 0.15) is 11.5 Å². The van der Waals surface area contributed by atoms with Gasteiger partial charge >= 0.3 is 0 Å². The molecule has 0 saturated carbocycles. The fraction of sp³-hybridized carbons (Fsp3) is 0.0741. The lowest BCUT2D eigenvalue weighted by Crippen LogP contribution is -1.89. The number of halogens is 1. The second-order valence-corrected chi connectivity index (χ2v) is 7.79. The number of H-pyrrole nitrogens is 2. The molecule has 4 aromatic heterocycles. The number of allylic oxidation sites excluding steroid dienone is 5. The summed E-state index contributed by atoms with van der Waals surface area (Å²) in [6.45, 7) is 7.86. The van der Waals surface area contributed by atoms with Gasteiger partial charge in [-0.1, -0.05) is 36.9 Å². The highest BCUT2D eigenvalue weighted by molar-refractivity contribution is 5.99. The third-order valence-corrected chi connectivity index (χ3v) is 5.76. The second kappa shape index (κ2) is 8.31. The minimum absolute atomic E-state index is 0.260. The summed E-state index contributed by atoms with van der Waals surface area (Å²) in [7, 11) is 0. The third-order valence-electron chi connectivity index (χ3n) is 5.76. The van der Waals surface area contributed by atoms with E-state index in [2.05, 4.69) is 50.8 Å². The monoisotopic (exact) mass is 435 g/mol. The summed E-state index contributed by atoms with van der Waals surface area (Å²) in [5, 5.41) is 9.38. The summed E-state index contributed by atoms with van der Waals surface area (Å²) in [6.07, 6.45) is 9.42. The van der Waals surface area contributed by atoms with Crippen molar-refractivity contribution >= 4 is 27.6 Å². The van der Waals surface area contributed by atoms with Gasteiger partial charge in [-0.15, -0.1) is 0 Å². The van der Waals surface area contributed by atoms with Crippen LogP contribution in [0.15, 0.2) is 85.2 Å². The predicted octanol–water partition coefficient (Wildman–Crippen LogP) is 6.84. The van der Waals surface area contributed by atoms with E-state index >= 15 is 0 Å². The van der Waals surface area contributed by atoms with Crippen molar-refractivity contribution in [2.24, 2.45) is 0 Å². The van der Waals surface area contributed by atoms with Gasteiger partial charge in [0.05, 0.1) is 11.4 Å². The zero-order chi connectivity index (χ0) is 22.9. The van der Waals surface area contributed by atoms with Crippen LogP contribution in [0.25, 0.3) is 50.2 Å². The van der Waals surface area contributed by atoms with Crippen molar-refractivity contribution in [3.8, 4) is 22.5 Å². The summed E-state index contributed by atoms with van der Waals surface area (Å²) in [5.41, 5.74) is 8.19. The molecule has 0 unspecified atom stereocenters. The number of rotatable bonds is 5. The van der Waals surface area contributed by atoms with Crippen LogP contribution in [-0.2, 0) is 0 Å². The first-order chi connectivity index (χ1) is 16.1. The number of nitrogens with zero attached hydrogens (tertiary/aromatic N) is 3. The number of aromatic nitrogens is 5. The molecule has 0 aliphatic rings. The average molecular weight is 436 g/mol. The molecule has 33 heavy (non-hydrogen) atoms. The molecule has 0 aliphatic heterocycles. The average Bonchev–Trinajstić information content (AvgIpc) is 3.44. The van der Waals surface area contributed by atoms with Crippen LogP contribution in [0.4, 0.5) is 4.39 Å². The lowest BCUT2D eigenvalue weighted by Gasteiger charge is -2.07. The van der Waals surface area contributed by atoms with E-state index in [-0.39, 0.29) is 5.82 Å². The Bertz CT molecular complexity index is 1550. The zero-order valence-corrected chi connectivity index (χ0v) is 18.4. The lowest BCUT2D eigenvalue weighted by molar-refractivity contribution is 0.628. The topological polar surface area (TPSA) is 70.2 Å². The molecule has 0 aliphatic carbocycles. The van der Waals surface area contributed by atoms with Gasteiger partial charge in [-0.2, -0.15) is 5.10 Å². The van der Waals surface area contributed by atoms with Gasteiger partial charge in [-0.05, 0) is 66.5 Å². The number of fused-ring (bicyclic) bond motifs is 2. The number of hydrogen-bond acceptors (Lipinski definition) is 3. The third kappa shape index (κ3) is 3.65. The van der Waals surface area contributed by atoms with Gasteiger partial charge in [0.2, 0.25) is 0 Å². The normalized spacial score (nSPS) is 12.6. The van der Waals surface area contributed by atoms with Gasteiger partial charge in [-0.25, -0.2) is 14.4 Å². The summed E-state index contributed by atoms with van der Waals surface area (Å²) < 4.78 is 13.4. The maximum atomic E-state index is 13.4. The minimum Gasteiger partial charge on any atom is -0.338 e. The first-order valence-electron chi connectivity index (χ1n) is 10.6. The Morgan fingerprint density at radius 3 is 2.64 bits per heavy atom. The van der Waals surface area contributed by atoms with Crippen LogP contribution in [0, 0.1) is 5.82 Å². The maximum absolute atomic E-state index is 13.4. The molecule has 5 aromatic rings. The van der Waals surface area contributed by atoms with E-state index in [0.29, 0.717) is 5.65 Å². The molecule has 0 saturated heterocycles. The van der Waals surface area contributed by atoms with Gasteiger partial charge in [0, 0.05) is 28.7 Å². The second-order valence-electron chi connectivity index (χ2n) is 7.79. The highest BCUT2D eigenvalue weighted by Crippen LogP contribution is 2.34. The highest BCUT2D eigenvalue weighted by Gasteiger charge is 2.16. The Hall–Kier alpha value is -4.32. The Morgan fingerprint density at radius 1 is 1.06 bits per heavy atom. The predicted molar refractivity (Wildman–Crippen MR) is 132 cm³/mol. The van der Waals surface area contributed by atoms with Crippen LogP contribution >= 0.6 is 0 Å². The Labute approximate surface area is 190 Å². The molecule has 0 atom stereocenters. The van der Waals surface area contributed by atoms with Gasteiger partial charge in [-0.3, -0.25) is 5.10 Å². The van der Waals surface area contributed by atoms with Crippen LogP contribution in [-0.4, -0.2) is 25.1 Å². The number of aromatic amines is 2. The molecule has 0 fully saturated rings. The Balaban J connectivity index is 1.64. The summed E-state index contributed by atoms with van der Waals surface area (Å²) in [6, 6.07) is 12.5. The Morgan fingerprint density at radius 2 is 1.88 bits per heavy atom. The van der Waals surface area contributed by atoms with E-state index in [9.17, 15) is 4.39 Å². The Kier molecular flexibility index (Phi) is 5.18. The fourth-order valence-corrected chi connectivity index (χ4v) is 4.18. The first-order valence-corrected chi connectivity index (χ1v) is 10.6. The number of nitrogens with one attached hydrogen (secondary N) is 2. The van der Waals surface area contributed by atoms with E-state index in [4.69, 9.17) is 0 Å². The molecule has 4 heterocycles. The number of hydrogen-bond donors (Lipinski definition) is 2. The van der Waals surface area contributed by atoms with Crippen LogP contribution in [0.5, 0.6) is 0 Å². The molecule has 0 radical (unpaired) electrons. The van der Waals surface area contributed by atoms with Crippen molar-refractivity contribution in [1.82, 2.24) is 25.1 Å². The van der Waals surface area contributed by atoms with E-state index in [1.54, 1.807) is 24.4 Å². The highest BCUT2D eigenvalue weighted by atomic mass is 19.1. The van der Waals surface area contributed by atoms with Crippen molar-refractivity contribution in [2.75, 3.05) is 0 Å². The molecule has 2 N–H and O–H groups in total. The van der Waals surface area contributed by atoms with Crippen molar-refractivity contribution in [3.05, 3.63) is 96.6 Å². The lowest BCUT2D eigenvalue weighted by atomic mass is 9.98. The molecule has 5 rings (SSSR count). The molecule has 0 spiro atoms. The van der Waals surface area contributed by atoms with E-state index < -0.39 is 0 Å². The van der Waals surface area contributed by atoms with Crippen LogP contribution in [0.2, 0.25) is 0 Å². The molecule has 162 valence electrons. The molecular formula is C27H22FN5. The van der Waals surface area contributed by atoms with Gasteiger partial charge < -0.3 is 4.98 Å².